The summed E-state index contributed by atoms with van der Waals surface area (Å²) in [6, 6.07) is 6.10. The smallest absolute Gasteiger partial charge is 0.319 e. The van der Waals surface area contributed by atoms with Crippen molar-refractivity contribution in [3.8, 4) is 0 Å². The van der Waals surface area contributed by atoms with E-state index in [4.69, 9.17) is 51.6 Å². The summed E-state index contributed by atoms with van der Waals surface area (Å²) in [7, 11) is -1.03. The van der Waals surface area contributed by atoms with Gasteiger partial charge < -0.3 is 58.0 Å². The Morgan fingerprint density at radius 2 is 1.17 bits per heavy atom. The Kier molecular flexibility index (Phi) is 24.5. The van der Waals surface area contributed by atoms with Gasteiger partial charge in [-0.05, 0) is 131 Å². The first kappa shape index (κ1) is 69.8. The SMILES string of the molecule is CC[C@H]1OC(=O)[C@H](C)C(=O)[C@H](C)[C@@H](OCOC)[C@](C)(OCCOS(=O)(=O)c2ccc(C)cc2)C[C@@H](C)CN[C@H](C)[C@H]2CC(=O)O[C@@]21C.CC[C@H]1OC(=O)[C@]2(C)CCO[C@@](C)(C[C@@H](C)CN[C@H](C)[C@H]3CC(=O)O[C@@]31C)[C@H](OCOC)[C@@H](C)C2=O. The van der Waals surface area contributed by atoms with Gasteiger partial charge in [0.05, 0.1) is 54.4 Å². The van der Waals surface area contributed by atoms with E-state index < -0.39 is 97.8 Å². The minimum Gasteiger partial charge on any atom is -0.458 e. The summed E-state index contributed by atoms with van der Waals surface area (Å²) < 4.78 is 90.0. The highest BCUT2D eigenvalue weighted by Gasteiger charge is 2.59. The summed E-state index contributed by atoms with van der Waals surface area (Å²) in [5.41, 5.74) is -4.50. The number of cyclic esters (lactones) is 1. The van der Waals surface area contributed by atoms with Crippen molar-refractivity contribution >= 4 is 45.6 Å². The van der Waals surface area contributed by atoms with Gasteiger partial charge in [-0.2, -0.15) is 8.42 Å². The average molecular weight is 1200 g/mol. The van der Waals surface area contributed by atoms with Crippen LogP contribution in [0.4, 0.5) is 0 Å². The summed E-state index contributed by atoms with van der Waals surface area (Å²) >= 11 is 0. The van der Waals surface area contributed by atoms with Gasteiger partial charge in [-0.1, -0.05) is 59.2 Å². The van der Waals surface area contributed by atoms with Gasteiger partial charge in [0.2, 0.25) is 0 Å². The molecule has 21 nitrogen and oxygen atoms in total. The van der Waals surface area contributed by atoms with Crippen LogP contribution in [0, 0.1) is 53.8 Å². The van der Waals surface area contributed by atoms with Gasteiger partial charge in [0.1, 0.15) is 37.1 Å². The van der Waals surface area contributed by atoms with E-state index >= 15 is 0 Å². The maximum Gasteiger partial charge on any atom is 0.319 e. The number of rotatable bonds is 14. The summed E-state index contributed by atoms with van der Waals surface area (Å²) in [6.07, 6.45) is -0.480. The Labute approximate surface area is 493 Å². The molecule has 0 aromatic heterocycles. The van der Waals surface area contributed by atoms with E-state index in [-0.39, 0.29) is 111 Å². The highest BCUT2D eigenvalue weighted by Crippen LogP contribution is 2.45. The predicted molar refractivity (Wildman–Crippen MR) is 305 cm³/mol. The minimum absolute atomic E-state index is 0.00930. The van der Waals surface area contributed by atoms with E-state index in [1.165, 1.54) is 33.3 Å². The quantitative estimate of drug-likeness (QED) is 0.0474. The van der Waals surface area contributed by atoms with E-state index in [0.717, 1.165) is 5.56 Å². The van der Waals surface area contributed by atoms with E-state index in [9.17, 15) is 37.2 Å². The highest BCUT2D eigenvalue weighted by molar-refractivity contribution is 7.86. The second-order valence-corrected chi connectivity index (χ2v) is 26.7. The van der Waals surface area contributed by atoms with Gasteiger partial charge in [-0.15, -0.1) is 0 Å². The molecular formula is C61H98N2O19S. The minimum atomic E-state index is -4.02. The molecule has 0 radical (unpaired) electrons. The molecule has 6 fully saturated rings. The molecule has 1 aromatic rings. The van der Waals surface area contributed by atoms with Gasteiger partial charge in [0.15, 0.2) is 22.8 Å². The molecule has 2 bridgehead atoms. The van der Waals surface area contributed by atoms with Crippen molar-refractivity contribution in [2.75, 3.05) is 60.7 Å². The molecule has 6 aliphatic rings. The molecule has 2 N–H and O–H groups in total. The van der Waals surface area contributed by atoms with Crippen LogP contribution in [0.15, 0.2) is 29.2 Å². The van der Waals surface area contributed by atoms with Crippen molar-refractivity contribution in [1.29, 1.82) is 0 Å². The normalized spacial score (nSPS) is 39.0. The fraction of sp³-hybridized carbons (Fsp3) is 0.803. The van der Waals surface area contributed by atoms with Crippen LogP contribution in [0.5, 0.6) is 0 Å². The van der Waals surface area contributed by atoms with Crippen LogP contribution in [0.25, 0.3) is 0 Å². The first-order valence-corrected chi connectivity index (χ1v) is 31.1. The fourth-order valence-corrected chi connectivity index (χ4v) is 14.4. The lowest BCUT2D eigenvalue weighted by molar-refractivity contribution is -0.212. The van der Waals surface area contributed by atoms with Gasteiger partial charge >= 0.3 is 23.9 Å². The summed E-state index contributed by atoms with van der Waals surface area (Å²) in [5.74, 6) is -5.64. The third-order valence-electron chi connectivity index (χ3n) is 18.3. The number of hydrogen-bond donors (Lipinski definition) is 2. The summed E-state index contributed by atoms with van der Waals surface area (Å²) in [4.78, 5) is 80.1. The van der Waals surface area contributed by atoms with Crippen molar-refractivity contribution in [3.63, 3.8) is 0 Å². The number of fused-ring (bicyclic) bond motifs is 11. The third-order valence-corrected chi connectivity index (χ3v) is 19.6. The molecule has 1 aromatic carbocycles. The third kappa shape index (κ3) is 16.2. The van der Waals surface area contributed by atoms with E-state index in [1.807, 2.05) is 55.4 Å². The van der Waals surface area contributed by atoms with Gasteiger partial charge in [-0.25, -0.2) is 0 Å². The standard InChI is InChI=1S/C34H53NO11S.C27H45NO8/c1-10-28-34(8)27(17-29(36)46-34)25(6)35-19-22(3)18-33(7,31(42-20-41-9)23(4)30(37)24(5)32(38)45-28)43-15-16-44-47(39,40)26-13-11-21(2)12-14-26;1-9-20-27(7)19(12-21(29)36-27)18(4)28-14-16(2)13-26(6)23(33-15-32-8)17(3)22(30)25(5,10-11-34-26)24(31)35-20/h11-14,22-25,27-28,31,35H,10,15-20H2,1-9H3;16-20,23,28H,9-15H2,1-8H3/t22-,23+,24-,25-,27-,28-,31-,33-,34+;16-,17+,18-,19-,20-,23-,25-,26+,27+/m11/s1. The van der Waals surface area contributed by atoms with Crippen LogP contribution in [0.1, 0.15) is 147 Å². The second-order valence-electron chi connectivity index (χ2n) is 25.1. The number of Topliss-reactive ketones (excluding diaryl/α,β-unsaturated/α-hetero) is 2. The van der Waals surface area contributed by atoms with E-state index in [2.05, 4.69) is 17.6 Å². The number of aryl methyl sites for hydroxylation is 1. The molecule has 83 heavy (non-hydrogen) atoms. The van der Waals surface area contributed by atoms with Gasteiger partial charge in [-0.3, -0.25) is 33.0 Å². The van der Waals surface area contributed by atoms with E-state index in [1.54, 1.807) is 46.8 Å². The largest absolute Gasteiger partial charge is 0.458 e. The Hall–Kier alpha value is -3.97. The first-order valence-electron chi connectivity index (χ1n) is 29.7. The zero-order valence-corrected chi connectivity index (χ0v) is 53.2. The van der Waals surface area contributed by atoms with Crippen molar-refractivity contribution in [1.82, 2.24) is 10.6 Å². The zero-order valence-electron chi connectivity index (χ0n) is 52.4. The molecule has 22 heteroatoms. The Morgan fingerprint density at radius 1 is 0.663 bits per heavy atom. The summed E-state index contributed by atoms with van der Waals surface area (Å²) in [6.45, 7) is 28.6. The number of carbonyl (C=O) groups excluding carboxylic acids is 6. The highest BCUT2D eigenvalue weighted by atomic mass is 32.2. The molecule has 6 heterocycles. The number of ether oxygens (including phenoxy) is 10. The molecule has 0 saturated carbocycles. The Morgan fingerprint density at radius 3 is 1.69 bits per heavy atom. The van der Waals surface area contributed by atoms with Crippen LogP contribution in [0.2, 0.25) is 0 Å². The molecule has 0 unspecified atom stereocenters. The molecule has 0 spiro atoms. The Bertz CT molecular complexity index is 2500. The number of benzene rings is 1. The predicted octanol–water partition coefficient (Wildman–Crippen LogP) is 7.00. The lowest BCUT2D eigenvalue weighted by Crippen LogP contribution is -2.57. The first-order chi connectivity index (χ1) is 38.8. The van der Waals surface area contributed by atoms with Crippen molar-refractivity contribution < 1.29 is 88.7 Å². The number of ketones is 2. The van der Waals surface area contributed by atoms with E-state index in [0.29, 0.717) is 38.8 Å². The average Bonchev–Trinajstić information content (AvgIpc) is 4.22. The Balaban J connectivity index is 0.000000315. The maximum absolute atomic E-state index is 14.0. The molecule has 6 aliphatic heterocycles. The van der Waals surface area contributed by atoms with Crippen LogP contribution >= 0.6 is 0 Å². The van der Waals surface area contributed by atoms with Gasteiger partial charge in [0, 0.05) is 56.6 Å². The topological polar surface area (TPSA) is 262 Å². The maximum atomic E-state index is 14.0. The van der Waals surface area contributed by atoms with Crippen molar-refractivity contribution in [2.24, 2.45) is 46.8 Å². The molecule has 18 atom stereocenters. The second kappa shape index (κ2) is 29.1. The zero-order chi connectivity index (χ0) is 62.0. The number of carbonyl (C=O) groups is 6. The van der Waals surface area contributed by atoms with Crippen LogP contribution < -0.4 is 10.6 Å². The number of hydrogen-bond acceptors (Lipinski definition) is 21. The number of methoxy groups -OCH3 is 2. The number of nitrogens with one attached hydrogen (secondary N) is 2. The summed E-state index contributed by atoms with van der Waals surface area (Å²) in [5, 5.41) is 7.13. The molecule has 472 valence electrons. The monoisotopic (exact) mass is 1190 g/mol. The fourth-order valence-electron chi connectivity index (χ4n) is 13.5. The molecule has 0 aliphatic carbocycles. The molecule has 0 amide bonds. The molecule has 7 rings (SSSR count). The van der Waals surface area contributed by atoms with Crippen LogP contribution in [-0.4, -0.2) is 163 Å². The van der Waals surface area contributed by atoms with Gasteiger partial charge in [0.25, 0.3) is 10.1 Å². The number of esters is 4. The van der Waals surface area contributed by atoms with Crippen molar-refractivity contribution in [2.45, 2.75) is 213 Å². The molecule has 6 saturated heterocycles. The van der Waals surface area contributed by atoms with Crippen LogP contribution in [-0.2, 0) is 90.4 Å². The lowest BCUT2D eigenvalue weighted by atomic mass is 9.71. The molecular weight excluding hydrogens is 1100 g/mol. The van der Waals surface area contributed by atoms with Crippen molar-refractivity contribution in [3.05, 3.63) is 29.8 Å². The van der Waals surface area contributed by atoms with Crippen LogP contribution in [0.3, 0.4) is 0 Å². The lowest BCUT2D eigenvalue weighted by Gasteiger charge is -2.45.